The van der Waals surface area contributed by atoms with Gasteiger partial charge in [-0.2, -0.15) is 0 Å². The van der Waals surface area contributed by atoms with Gasteiger partial charge in [0.1, 0.15) is 6.10 Å². The van der Waals surface area contributed by atoms with E-state index in [1.54, 1.807) is 22.7 Å². The van der Waals surface area contributed by atoms with Crippen molar-refractivity contribution >= 4 is 54.5 Å². The summed E-state index contributed by atoms with van der Waals surface area (Å²) >= 11 is 10.0. The van der Waals surface area contributed by atoms with E-state index in [0.717, 1.165) is 18.0 Å². The Balaban J connectivity index is 2.31. The van der Waals surface area contributed by atoms with E-state index in [1.165, 1.54) is 4.88 Å². The third kappa shape index (κ3) is 2.53. The Kier molecular flexibility index (Phi) is 3.67. The summed E-state index contributed by atoms with van der Waals surface area (Å²) in [5, 5.41) is 10.1. The third-order valence-corrected chi connectivity index (χ3v) is 5.87. The molecule has 0 aliphatic heterocycles. The van der Waals surface area contributed by atoms with Crippen LogP contribution in [0, 0.1) is 6.92 Å². The average Bonchev–Trinajstić information content (AvgIpc) is 2.74. The first kappa shape index (κ1) is 11.8. The minimum absolute atomic E-state index is 0.503. The second kappa shape index (κ2) is 4.67. The number of rotatable bonds is 2. The molecule has 0 radical (unpaired) electrons. The van der Waals surface area contributed by atoms with Crippen LogP contribution >= 0.6 is 54.5 Å². The lowest BCUT2D eigenvalue weighted by atomic mass is 10.2. The number of aryl methyl sites for hydroxylation is 1. The van der Waals surface area contributed by atoms with E-state index in [9.17, 15) is 5.11 Å². The van der Waals surface area contributed by atoms with Crippen LogP contribution in [0.15, 0.2) is 26.5 Å². The first-order chi connectivity index (χ1) is 7.08. The van der Waals surface area contributed by atoms with Gasteiger partial charge >= 0.3 is 0 Å². The molecule has 0 spiro atoms. The summed E-state index contributed by atoms with van der Waals surface area (Å²) in [6.45, 7) is 2.04. The highest BCUT2D eigenvalue weighted by Gasteiger charge is 2.16. The smallest absolute Gasteiger partial charge is 0.122 e. The maximum Gasteiger partial charge on any atom is 0.122 e. The van der Waals surface area contributed by atoms with E-state index in [2.05, 4.69) is 31.9 Å². The summed E-state index contributed by atoms with van der Waals surface area (Å²) < 4.78 is 2.11. The predicted octanol–water partition coefficient (Wildman–Crippen LogP) is 4.72. The van der Waals surface area contributed by atoms with Gasteiger partial charge in [-0.05, 0) is 57.0 Å². The van der Waals surface area contributed by atoms with Crippen LogP contribution in [0.2, 0.25) is 0 Å². The van der Waals surface area contributed by atoms with Crippen LogP contribution in [-0.4, -0.2) is 5.11 Å². The van der Waals surface area contributed by atoms with Crippen LogP contribution in [0.5, 0.6) is 0 Å². The summed E-state index contributed by atoms with van der Waals surface area (Å²) in [6, 6.07) is 5.89. The molecule has 0 amide bonds. The summed E-state index contributed by atoms with van der Waals surface area (Å²) in [6.07, 6.45) is -0.503. The van der Waals surface area contributed by atoms with Crippen LogP contribution in [-0.2, 0) is 0 Å². The predicted molar refractivity (Wildman–Crippen MR) is 72.8 cm³/mol. The first-order valence-electron chi connectivity index (χ1n) is 4.27. The summed E-state index contributed by atoms with van der Waals surface area (Å²) in [5.41, 5.74) is 0. The SMILES string of the molecule is Cc1sc(C(O)c2ccc(Br)s2)cc1Br. The van der Waals surface area contributed by atoms with Crippen LogP contribution in [0.1, 0.15) is 20.7 Å². The molecule has 15 heavy (non-hydrogen) atoms. The fourth-order valence-electron chi connectivity index (χ4n) is 1.23. The highest BCUT2D eigenvalue weighted by Crippen LogP contribution is 2.36. The van der Waals surface area contributed by atoms with E-state index >= 15 is 0 Å². The largest absolute Gasteiger partial charge is 0.382 e. The van der Waals surface area contributed by atoms with Gasteiger partial charge in [0, 0.05) is 19.1 Å². The van der Waals surface area contributed by atoms with Gasteiger partial charge in [0.15, 0.2) is 0 Å². The quantitative estimate of drug-likeness (QED) is 0.813. The van der Waals surface area contributed by atoms with Crippen molar-refractivity contribution in [2.24, 2.45) is 0 Å². The molecule has 2 heterocycles. The normalized spacial score (nSPS) is 13.1. The Hall–Kier alpha value is 0.320. The molecule has 0 aliphatic rings. The van der Waals surface area contributed by atoms with Crippen LogP contribution in [0.3, 0.4) is 0 Å². The van der Waals surface area contributed by atoms with Crippen LogP contribution in [0.4, 0.5) is 0 Å². The Labute approximate surface area is 113 Å². The molecule has 1 atom stereocenters. The average molecular weight is 368 g/mol. The number of thiophene rings is 2. The Morgan fingerprint density at radius 3 is 2.40 bits per heavy atom. The summed E-state index contributed by atoms with van der Waals surface area (Å²) in [7, 11) is 0. The van der Waals surface area contributed by atoms with Crippen LogP contribution in [0.25, 0.3) is 0 Å². The number of hydrogen-bond acceptors (Lipinski definition) is 3. The molecule has 0 saturated carbocycles. The Bertz CT molecular complexity index is 456. The molecule has 0 fully saturated rings. The highest BCUT2D eigenvalue weighted by molar-refractivity contribution is 9.11. The minimum Gasteiger partial charge on any atom is -0.382 e. The van der Waals surface area contributed by atoms with Gasteiger partial charge < -0.3 is 5.11 Å². The second-order valence-electron chi connectivity index (χ2n) is 3.10. The standard InChI is InChI=1S/C10H8Br2OS2/c1-5-6(11)4-8(14-5)10(13)7-2-3-9(12)15-7/h2-4,10,13H,1H3. The highest BCUT2D eigenvalue weighted by atomic mass is 79.9. The van der Waals surface area contributed by atoms with Crippen LogP contribution < -0.4 is 0 Å². The number of hydrogen-bond donors (Lipinski definition) is 1. The molecule has 1 N–H and O–H groups in total. The number of aliphatic hydroxyl groups is 1. The van der Waals surface area contributed by atoms with Crippen molar-refractivity contribution in [1.82, 2.24) is 0 Å². The molecule has 1 unspecified atom stereocenters. The fourth-order valence-corrected chi connectivity index (χ4v) is 4.30. The van der Waals surface area contributed by atoms with Gasteiger partial charge in [-0.3, -0.25) is 0 Å². The second-order valence-corrected chi connectivity index (χ2v) is 7.73. The molecular weight excluding hydrogens is 360 g/mol. The summed E-state index contributed by atoms with van der Waals surface area (Å²) in [4.78, 5) is 3.14. The van der Waals surface area contributed by atoms with Gasteiger partial charge in [0.2, 0.25) is 0 Å². The van der Waals surface area contributed by atoms with E-state index in [0.29, 0.717) is 0 Å². The molecule has 0 aromatic carbocycles. The molecule has 0 saturated heterocycles. The maximum atomic E-state index is 10.1. The minimum atomic E-state index is -0.503. The molecule has 2 aromatic rings. The molecule has 5 heteroatoms. The molecular formula is C10H8Br2OS2. The van der Waals surface area contributed by atoms with Gasteiger partial charge in [0.25, 0.3) is 0 Å². The van der Waals surface area contributed by atoms with Gasteiger partial charge in [-0.1, -0.05) is 0 Å². The Morgan fingerprint density at radius 2 is 1.93 bits per heavy atom. The molecule has 2 aromatic heterocycles. The maximum absolute atomic E-state index is 10.1. The topological polar surface area (TPSA) is 20.2 Å². The third-order valence-electron chi connectivity index (χ3n) is 2.01. The lowest BCUT2D eigenvalue weighted by Crippen LogP contribution is -1.92. The van der Waals surface area contributed by atoms with Crippen molar-refractivity contribution in [2.45, 2.75) is 13.0 Å². The van der Waals surface area contributed by atoms with Crippen molar-refractivity contribution in [3.05, 3.63) is 41.1 Å². The molecule has 80 valence electrons. The van der Waals surface area contributed by atoms with Crippen molar-refractivity contribution in [3.63, 3.8) is 0 Å². The van der Waals surface area contributed by atoms with Crippen molar-refractivity contribution in [1.29, 1.82) is 0 Å². The fraction of sp³-hybridized carbons (Fsp3) is 0.200. The monoisotopic (exact) mass is 366 g/mol. The van der Waals surface area contributed by atoms with E-state index < -0.39 is 6.10 Å². The lowest BCUT2D eigenvalue weighted by molar-refractivity contribution is 0.228. The van der Waals surface area contributed by atoms with Crippen molar-refractivity contribution in [2.75, 3.05) is 0 Å². The van der Waals surface area contributed by atoms with Crippen molar-refractivity contribution in [3.8, 4) is 0 Å². The summed E-state index contributed by atoms with van der Waals surface area (Å²) in [5.74, 6) is 0. The van der Waals surface area contributed by atoms with E-state index in [-0.39, 0.29) is 0 Å². The zero-order valence-corrected chi connectivity index (χ0v) is 12.6. The van der Waals surface area contributed by atoms with Gasteiger partial charge in [-0.15, -0.1) is 22.7 Å². The van der Waals surface area contributed by atoms with Gasteiger partial charge in [0.05, 0.1) is 3.79 Å². The van der Waals surface area contributed by atoms with E-state index in [4.69, 9.17) is 0 Å². The number of halogens is 2. The first-order valence-corrected chi connectivity index (χ1v) is 7.49. The Morgan fingerprint density at radius 1 is 1.20 bits per heavy atom. The molecule has 0 aliphatic carbocycles. The zero-order chi connectivity index (χ0) is 11.0. The van der Waals surface area contributed by atoms with Gasteiger partial charge in [-0.25, -0.2) is 0 Å². The number of aliphatic hydroxyl groups excluding tert-OH is 1. The molecule has 2 rings (SSSR count). The molecule has 0 bridgehead atoms. The van der Waals surface area contributed by atoms with E-state index in [1.807, 2.05) is 25.1 Å². The lowest BCUT2D eigenvalue weighted by Gasteiger charge is -2.04. The van der Waals surface area contributed by atoms with Crippen molar-refractivity contribution < 1.29 is 5.11 Å². The molecule has 1 nitrogen and oxygen atoms in total. The zero-order valence-electron chi connectivity index (χ0n) is 7.83.